The summed E-state index contributed by atoms with van der Waals surface area (Å²) in [6.07, 6.45) is 0. The lowest BCUT2D eigenvalue weighted by Gasteiger charge is -2.26. The molecule has 0 aliphatic rings. The van der Waals surface area contributed by atoms with E-state index in [9.17, 15) is 13.2 Å². The van der Waals surface area contributed by atoms with Crippen molar-refractivity contribution in [3.8, 4) is 17.2 Å². The molecule has 0 aliphatic heterocycles. The highest BCUT2D eigenvalue weighted by Gasteiger charge is 2.29. The molecule has 0 aromatic heterocycles. The first-order valence-electron chi connectivity index (χ1n) is 10.6. The summed E-state index contributed by atoms with van der Waals surface area (Å²) in [5, 5.41) is 2.80. The molecule has 0 spiro atoms. The molecule has 1 N–H and O–H groups in total. The summed E-state index contributed by atoms with van der Waals surface area (Å²) >= 11 is 0. The van der Waals surface area contributed by atoms with Gasteiger partial charge >= 0.3 is 0 Å². The SMILES string of the molecule is COc1ccc(OCC(C)NC(=O)CN(c2ccccc2OC)S(=O)(=O)c2ccccc2)cc1. The van der Waals surface area contributed by atoms with E-state index in [1.165, 1.54) is 19.2 Å². The molecule has 0 bridgehead atoms. The second-order valence-electron chi connectivity index (χ2n) is 7.45. The van der Waals surface area contributed by atoms with Gasteiger partial charge in [-0.15, -0.1) is 0 Å². The van der Waals surface area contributed by atoms with Gasteiger partial charge in [0.15, 0.2) is 0 Å². The monoisotopic (exact) mass is 484 g/mol. The molecule has 0 saturated heterocycles. The molecule has 8 nitrogen and oxygen atoms in total. The van der Waals surface area contributed by atoms with E-state index in [4.69, 9.17) is 14.2 Å². The molecule has 1 atom stereocenters. The fraction of sp³-hybridized carbons (Fsp3) is 0.240. The topological polar surface area (TPSA) is 94.2 Å². The zero-order chi connectivity index (χ0) is 24.6. The Kier molecular flexibility index (Phi) is 8.37. The first kappa shape index (κ1) is 24.9. The molecule has 0 heterocycles. The van der Waals surface area contributed by atoms with Gasteiger partial charge in [-0.3, -0.25) is 9.10 Å². The Hall–Kier alpha value is -3.72. The smallest absolute Gasteiger partial charge is 0.264 e. The summed E-state index contributed by atoms with van der Waals surface area (Å²) in [6, 6.07) is 21.3. The first-order valence-corrected chi connectivity index (χ1v) is 12.1. The van der Waals surface area contributed by atoms with Crippen molar-refractivity contribution in [3.63, 3.8) is 0 Å². The van der Waals surface area contributed by atoms with Gasteiger partial charge in [0, 0.05) is 0 Å². The molecule has 0 fully saturated rings. The minimum atomic E-state index is -4.03. The zero-order valence-electron chi connectivity index (χ0n) is 19.3. The van der Waals surface area contributed by atoms with Crippen molar-refractivity contribution in [3.05, 3.63) is 78.9 Å². The lowest BCUT2D eigenvalue weighted by molar-refractivity contribution is -0.120. The van der Waals surface area contributed by atoms with Crippen LogP contribution in [0, 0.1) is 0 Å². The quantitative estimate of drug-likeness (QED) is 0.448. The maximum atomic E-state index is 13.4. The number of para-hydroxylation sites is 2. The molecule has 3 aromatic carbocycles. The summed E-state index contributed by atoms with van der Waals surface area (Å²) in [4.78, 5) is 13.0. The number of benzene rings is 3. The van der Waals surface area contributed by atoms with Crippen molar-refractivity contribution in [1.82, 2.24) is 5.32 Å². The Bertz CT molecular complexity index is 1180. The minimum Gasteiger partial charge on any atom is -0.497 e. The van der Waals surface area contributed by atoms with Crippen molar-refractivity contribution in [1.29, 1.82) is 0 Å². The lowest BCUT2D eigenvalue weighted by atomic mass is 10.3. The number of hydrogen-bond donors (Lipinski definition) is 1. The minimum absolute atomic E-state index is 0.0737. The van der Waals surface area contributed by atoms with Crippen LogP contribution in [0.2, 0.25) is 0 Å². The fourth-order valence-corrected chi connectivity index (χ4v) is 4.69. The third-order valence-electron chi connectivity index (χ3n) is 4.94. The molecule has 1 amide bonds. The van der Waals surface area contributed by atoms with Gasteiger partial charge in [-0.25, -0.2) is 8.42 Å². The van der Waals surface area contributed by atoms with Gasteiger partial charge in [0.25, 0.3) is 10.0 Å². The van der Waals surface area contributed by atoms with Crippen molar-refractivity contribution < 1.29 is 27.4 Å². The van der Waals surface area contributed by atoms with E-state index in [1.54, 1.807) is 80.8 Å². The number of methoxy groups -OCH3 is 2. The Morgan fingerprint density at radius 3 is 2.15 bits per heavy atom. The Morgan fingerprint density at radius 2 is 1.50 bits per heavy atom. The van der Waals surface area contributed by atoms with E-state index < -0.39 is 22.5 Å². The third kappa shape index (κ3) is 6.20. The highest BCUT2D eigenvalue weighted by Crippen LogP contribution is 2.32. The van der Waals surface area contributed by atoms with Gasteiger partial charge in [-0.1, -0.05) is 30.3 Å². The van der Waals surface area contributed by atoms with Gasteiger partial charge in [0.05, 0.1) is 30.8 Å². The second-order valence-corrected chi connectivity index (χ2v) is 9.31. The second kappa shape index (κ2) is 11.4. The average Bonchev–Trinajstić information content (AvgIpc) is 2.86. The maximum Gasteiger partial charge on any atom is 0.264 e. The first-order chi connectivity index (χ1) is 16.3. The number of anilines is 1. The molecule has 3 rings (SSSR count). The third-order valence-corrected chi connectivity index (χ3v) is 6.71. The van der Waals surface area contributed by atoms with E-state index in [1.807, 2.05) is 0 Å². The van der Waals surface area contributed by atoms with Gasteiger partial charge in [-0.05, 0) is 55.5 Å². The van der Waals surface area contributed by atoms with Crippen LogP contribution < -0.4 is 23.8 Å². The van der Waals surface area contributed by atoms with E-state index in [-0.39, 0.29) is 23.2 Å². The zero-order valence-corrected chi connectivity index (χ0v) is 20.1. The van der Waals surface area contributed by atoms with Gasteiger partial charge < -0.3 is 19.5 Å². The lowest BCUT2D eigenvalue weighted by Crippen LogP contribution is -2.45. The maximum absolute atomic E-state index is 13.4. The summed E-state index contributed by atoms with van der Waals surface area (Å²) in [6.45, 7) is 1.56. The van der Waals surface area contributed by atoms with Crippen molar-refractivity contribution >= 4 is 21.6 Å². The number of carbonyl (C=O) groups is 1. The van der Waals surface area contributed by atoms with Crippen LogP contribution >= 0.6 is 0 Å². The van der Waals surface area contributed by atoms with Crippen LogP contribution in [0.1, 0.15) is 6.92 Å². The number of nitrogens with one attached hydrogen (secondary N) is 1. The van der Waals surface area contributed by atoms with E-state index >= 15 is 0 Å². The number of hydrogen-bond acceptors (Lipinski definition) is 6. The highest BCUT2D eigenvalue weighted by atomic mass is 32.2. The summed E-state index contributed by atoms with van der Waals surface area (Å²) in [5.74, 6) is 1.20. The fourth-order valence-electron chi connectivity index (χ4n) is 3.24. The van der Waals surface area contributed by atoms with Crippen LogP contribution in [0.25, 0.3) is 0 Å². The van der Waals surface area contributed by atoms with E-state index in [0.29, 0.717) is 17.2 Å². The van der Waals surface area contributed by atoms with Crippen LogP contribution in [0.15, 0.2) is 83.8 Å². The van der Waals surface area contributed by atoms with Gasteiger partial charge in [0.2, 0.25) is 5.91 Å². The van der Waals surface area contributed by atoms with Gasteiger partial charge in [-0.2, -0.15) is 0 Å². The molecule has 0 radical (unpaired) electrons. The standard InChI is InChI=1S/C25H28N2O6S/c1-19(18-33-21-15-13-20(31-2)14-16-21)26-25(28)17-27(23-11-7-8-12-24(23)32-3)34(29,30)22-9-5-4-6-10-22/h4-16,19H,17-18H2,1-3H3,(H,26,28). The van der Waals surface area contributed by atoms with Crippen LogP contribution in [0.3, 0.4) is 0 Å². The summed E-state index contributed by atoms with van der Waals surface area (Å²) in [5.41, 5.74) is 0.270. The molecule has 3 aromatic rings. The molecule has 9 heteroatoms. The predicted octanol–water partition coefficient (Wildman–Crippen LogP) is 3.48. The van der Waals surface area contributed by atoms with Crippen LogP contribution in [-0.2, 0) is 14.8 Å². The molecular formula is C25H28N2O6S. The Labute approximate surface area is 200 Å². The summed E-state index contributed by atoms with van der Waals surface area (Å²) < 4.78 is 44.1. The number of amides is 1. The van der Waals surface area contributed by atoms with Crippen molar-refractivity contribution in [2.45, 2.75) is 17.9 Å². The number of rotatable bonds is 11. The van der Waals surface area contributed by atoms with Crippen LogP contribution in [0.5, 0.6) is 17.2 Å². The normalized spacial score (nSPS) is 11.9. The molecule has 1 unspecified atom stereocenters. The number of nitrogens with zero attached hydrogens (tertiary/aromatic N) is 1. The van der Waals surface area contributed by atoms with E-state index in [2.05, 4.69) is 5.32 Å². The Balaban J connectivity index is 1.74. The van der Waals surface area contributed by atoms with Crippen molar-refractivity contribution in [2.75, 3.05) is 31.7 Å². The van der Waals surface area contributed by atoms with Crippen LogP contribution in [0.4, 0.5) is 5.69 Å². The largest absolute Gasteiger partial charge is 0.497 e. The van der Waals surface area contributed by atoms with Gasteiger partial charge in [0.1, 0.15) is 30.4 Å². The molecule has 34 heavy (non-hydrogen) atoms. The molecule has 180 valence electrons. The number of ether oxygens (including phenoxy) is 3. The van der Waals surface area contributed by atoms with E-state index in [0.717, 1.165) is 4.31 Å². The average molecular weight is 485 g/mol. The number of carbonyl (C=O) groups excluding carboxylic acids is 1. The number of sulfonamides is 1. The highest BCUT2D eigenvalue weighted by molar-refractivity contribution is 7.92. The Morgan fingerprint density at radius 1 is 0.882 bits per heavy atom. The van der Waals surface area contributed by atoms with Crippen LogP contribution in [-0.4, -0.2) is 47.7 Å². The molecule has 0 aliphatic carbocycles. The predicted molar refractivity (Wildman–Crippen MR) is 130 cm³/mol. The summed E-state index contributed by atoms with van der Waals surface area (Å²) in [7, 11) is -0.998. The molecular weight excluding hydrogens is 456 g/mol. The van der Waals surface area contributed by atoms with Crippen molar-refractivity contribution in [2.24, 2.45) is 0 Å². The molecule has 0 saturated carbocycles.